The number of likely N-dealkylation sites (tertiary alicyclic amines) is 1. The first-order valence-electron chi connectivity index (χ1n) is 8.97. The summed E-state index contributed by atoms with van der Waals surface area (Å²) in [5, 5.41) is 8.31. The van der Waals surface area contributed by atoms with Gasteiger partial charge in [-0.1, -0.05) is 30.3 Å². The Morgan fingerprint density at radius 2 is 2.04 bits per heavy atom. The van der Waals surface area contributed by atoms with Crippen molar-refractivity contribution in [3.63, 3.8) is 0 Å². The van der Waals surface area contributed by atoms with Gasteiger partial charge in [0, 0.05) is 45.0 Å². The fraction of sp³-hybridized carbons (Fsp3) is 0.579. The van der Waals surface area contributed by atoms with E-state index in [1.165, 1.54) is 5.56 Å². The molecule has 5 nitrogen and oxygen atoms in total. The highest BCUT2D eigenvalue weighted by Gasteiger charge is 2.41. The zero-order valence-corrected chi connectivity index (χ0v) is 14.2. The van der Waals surface area contributed by atoms with Crippen LogP contribution in [-0.2, 0) is 11.2 Å². The Balaban J connectivity index is 1.42. The number of ether oxygens (including phenoxy) is 1. The molecular formula is C19H25N3O2. The van der Waals surface area contributed by atoms with E-state index in [1.54, 1.807) is 0 Å². The van der Waals surface area contributed by atoms with Gasteiger partial charge in [-0.25, -0.2) is 0 Å². The van der Waals surface area contributed by atoms with E-state index >= 15 is 0 Å². The van der Waals surface area contributed by atoms with E-state index in [4.69, 9.17) is 9.15 Å². The van der Waals surface area contributed by atoms with E-state index in [2.05, 4.69) is 45.4 Å². The van der Waals surface area contributed by atoms with Gasteiger partial charge < -0.3 is 14.1 Å². The molecule has 1 aromatic heterocycles. The Kier molecular flexibility index (Phi) is 4.63. The van der Waals surface area contributed by atoms with Crippen molar-refractivity contribution in [3.8, 4) is 0 Å². The van der Waals surface area contributed by atoms with Gasteiger partial charge in [0.2, 0.25) is 11.8 Å². The number of aryl methyl sites for hydroxylation is 1. The molecule has 3 atom stereocenters. The van der Waals surface area contributed by atoms with Crippen LogP contribution in [0.2, 0.25) is 0 Å². The zero-order chi connectivity index (χ0) is 16.4. The predicted molar refractivity (Wildman–Crippen MR) is 90.8 cm³/mol. The van der Waals surface area contributed by atoms with E-state index in [-0.39, 0.29) is 0 Å². The molecule has 0 amide bonds. The summed E-state index contributed by atoms with van der Waals surface area (Å²) in [5.41, 5.74) is 1.41. The third kappa shape index (κ3) is 3.37. The van der Waals surface area contributed by atoms with Gasteiger partial charge in [0.25, 0.3) is 0 Å². The number of piperidine rings is 1. The van der Waals surface area contributed by atoms with Crippen LogP contribution in [0.4, 0.5) is 0 Å². The summed E-state index contributed by atoms with van der Waals surface area (Å²) in [6.45, 7) is 5.94. The number of aromatic nitrogens is 2. The summed E-state index contributed by atoms with van der Waals surface area (Å²) < 4.78 is 11.8. The molecule has 5 heteroatoms. The van der Waals surface area contributed by atoms with Crippen molar-refractivity contribution in [2.45, 2.75) is 38.2 Å². The second-order valence-corrected chi connectivity index (χ2v) is 6.95. The number of hydrogen-bond donors (Lipinski definition) is 0. The molecule has 0 bridgehead atoms. The first-order chi connectivity index (χ1) is 11.8. The molecule has 0 spiro atoms. The molecule has 0 radical (unpaired) electrons. The van der Waals surface area contributed by atoms with Crippen LogP contribution >= 0.6 is 0 Å². The lowest BCUT2D eigenvalue weighted by Crippen LogP contribution is -2.49. The second-order valence-electron chi connectivity index (χ2n) is 6.95. The average Bonchev–Trinajstić information content (AvgIpc) is 3.06. The molecule has 2 fully saturated rings. The Morgan fingerprint density at radius 3 is 2.83 bits per heavy atom. The van der Waals surface area contributed by atoms with Crippen molar-refractivity contribution in [2.24, 2.45) is 5.92 Å². The maximum atomic E-state index is 6.03. The highest BCUT2D eigenvalue weighted by atomic mass is 16.5. The van der Waals surface area contributed by atoms with Gasteiger partial charge in [-0.15, -0.1) is 10.2 Å². The van der Waals surface area contributed by atoms with E-state index in [9.17, 15) is 0 Å². The van der Waals surface area contributed by atoms with Crippen molar-refractivity contribution in [1.82, 2.24) is 15.1 Å². The minimum absolute atomic E-state index is 0.337. The van der Waals surface area contributed by atoms with Crippen LogP contribution in [0.15, 0.2) is 34.7 Å². The molecule has 0 saturated carbocycles. The van der Waals surface area contributed by atoms with E-state index in [0.29, 0.717) is 23.8 Å². The molecule has 3 heterocycles. The Bertz CT molecular complexity index is 658. The molecule has 24 heavy (non-hydrogen) atoms. The van der Waals surface area contributed by atoms with Crippen LogP contribution in [0.3, 0.4) is 0 Å². The molecule has 0 unspecified atom stereocenters. The third-order valence-electron chi connectivity index (χ3n) is 5.37. The third-order valence-corrected chi connectivity index (χ3v) is 5.37. The van der Waals surface area contributed by atoms with Gasteiger partial charge in [0.15, 0.2) is 0 Å². The average molecular weight is 327 g/mol. The topological polar surface area (TPSA) is 51.4 Å². The number of fused-ring (bicyclic) bond motifs is 1. The van der Waals surface area contributed by atoms with Crippen LogP contribution < -0.4 is 0 Å². The minimum Gasteiger partial charge on any atom is -0.425 e. The fourth-order valence-corrected chi connectivity index (χ4v) is 4.09. The molecule has 4 rings (SSSR count). The fourth-order valence-electron chi connectivity index (χ4n) is 4.09. The first kappa shape index (κ1) is 15.8. The van der Waals surface area contributed by atoms with Gasteiger partial charge in [-0.05, 0) is 24.8 Å². The molecule has 2 aliphatic heterocycles. The van der Waals surface area contributed by atoms with Gasteiger partial charge >= 0.3 is 0 Å². The van der Waals surface area contributed by atoms with Crippen molar-refractivity contribution < 1.29 is 9.15 Å². The molecule has 0 N–H and O–H groups in total. The van der Waals surface area contributed by atoms with Crippen LogP contribution in [0.25, 0.3) is 0 Å². The number of nitrogens with zero attached hydrogens (tertiary/aromatic N) is 3. The Hall–Kier alpha value is -1.72. The smallest absolute Gasteiger partial charge is 0.220 e. The lowest BCUT2D eigenvalue weighted by Gasteiger charge is -2.44. The van der Waals surface area contributed by atoms with Gasteiger partial charge in [-0.2, -0.15) is 0 Å². The normalized spacial score (nSPS) is 27.8. The van der Waals surface area contributed by atoms with Crippen LogP contribution in [0, 0.1) is 12.8 Å². The van der Waals surface area contributed by atoms with Crippen LogP contribution in [0.1, 0.15) is 36.1 Å². The maximum absolute atomic E-state index is 6.03. The molecule has 1 aromatic carbocycles. The Labute approximate surface area is 143 Å². The largest absolute Gasteiger partial charge is 0.425 e. The predicted octanol–water partition coefficient (Wildman–Crippen LogP) is 2.82. The summed E-state index contributed by atoms with van der Waals surface area (Å²) in [7, 11) is 0. The van der Waals surface area contributed by atoms with Crippen LogP contribution in [0.5, 0.6) is 0 Å². The molecule has 2 aliphatic rings. The first-order valence-corrected chi connectivity index (χ1v) is 8.97. The lowest BCUT2D eigenvalue weighted by molar-refractivity contribution is -0.0804. The number of hydrogen-bond acceptors (Lipinski definition) is 5. The SMILES string of the molecule is Cc1nnc([C@@H]2CCO[C@@H]3CCN(CCc4ccccc4)C[C@@H]32)o1. The molecule has 0 aliphatic carbocycles. The van der Waals surface area contributed by atoms with Gasteiger partial charge in [-0.3, -0.25) is 0 Å². The lowest BCUT2D eigenvalue weighted by atomic mass is 9.79. The van der Waals surface area contributed by atoms with E-state index in [0.717, 1.165) is 51.4 Å². The van der Waals surface area contributed by atoms with E-state index in [1.807, 2.05) is 6.92 Å². The molecular weight excluding hydrogens is 302 g/mol. The van der Waals surface area contributed by atoms with E-state index < -0.39 is 0 Å². The molecule has 2 saturated heterocycles. The van der Waals surface area contributed by atoms with Crippen LogP contribution in [-0.4, -0.2) is 47.4 Å². The van der Waals surface area contributed by atoms with Crippen molar-refractivity contribution in [2.75, 3.05) is 26.2 Å². The molecule has 2 aromatic rings. The van der Waals surface area contributed by atoms with Gasteiger partial charge in [0.1, 0.15) is 0 Å². The number of benzene rings is 1. The zero-order valence-electron chi connectivity index (χ0n) is 14.2. The quantitative estimate of drug-likeness (QED) is 0.864. The second kappa shape index (κ2) is 7.03. The summed E-state index contributed by atoms with van der Waals surface area (Å²) in [6, 6.07) is 10.7. The maximum Gasteiger partial charge on any atom is 0.220 e. The molecule has 128 valence electrons. The number of rotatable bonds is 4. The van der Waals surface area contributed by atoms with Gasteiger partial charge in [0.05, 0.1) is 6.10 Å². The van der Waals surface area contributed by atoms with Crippen molar-refractivity contribution >= 4 is 0 Å². The monoisotopic (exact) mass is 327 g/mol. The summed E-state index contributed by atoms with van der Waals surface area (Å²) in [4.78, 5) is 2.57. The standard InChI is InChI=1S/C19H25N3O2/c1-14-20-21-19(24-14)16-9-12-23-18-8-11-22(13-17(16)18)10-7-15-5-3-2-4-6-15/h2-6,16-18H,7-13H2,1H3/t16-,17-,18-/m1/s1. The van der Waals surface area contributed by atoms with Crippen molar-refractivity contribution in [1.29, 1.82) is 0 Å². The Morgan fingerprint density at radius 1 is 1.17 bits per heavy atom. The highest BCUT2D eigenvalue weighted by molar-refractivity contribution is 5.15. The minimum atomic E-state index is 0.337. The summed E-state index contributed by atoms with van der Waals surface area (Å²) in [6.07, 6.45) is 3.52. The summed E-state index contributed by atoms with van der Waals surface area (Å²) in [5.74, 6) is 2.26. The highest BCUT2D eigenvalue weighted by Crippen LogP contribution is 2.38. The van der Waals surface area contributed by atoms with Crippen molar-refractivity contribution in [3.05, 3.63) is 47.7 Å². The summed E-state index contributed by atoms with van der Waals surface area (Å²) >= 11 is 0.